The van der Waals surface area contributed by atoms with Crippen molar-refractivity contribution in [1.29, 1.82) is 10.5 Å². The van der Waals surface area contributed by atoms with E-state index in [4.69, 9.17) is 13.1 Å². The fraction of sp³-hybridized carbons (Fsp3) is 0.0169. The van der Waals surface area contributed by atoms with Crippen molar-refractivity contribution in [3.05, 3.63) is 228 Å². The third-order valence-corrected chi connectivity index (χ3v) is 12.5. The van der Waals surface area contributed by atoms with Gasteiger partial charge in [-0.15, -0.1) is 0 Å². The summed E-state index contributed by atoms with van der Waals surface area (Å²) in [6.07, 6.45) is 0. The van der Waals surface area contributed by atoms with Gasteiger partial charge in [-0.1, -0.05) is 115 Å². The van der Waals surface area contributed by atoms with Crippen LogP contribution >= 0.6 is 0 Å². The van der Waals surface area contributed by atoms with Crippen molar-refractivity contribution >= 4 is 55.0 Å². The first kappa shape index (κ1) is 38.5. The molecule has 0 aliphatic rings. The Kier molecular flexibility index (Phi) is 9.15. The summed E-state index contributed by atoms with van der Waals surface area (Å²) in [6, 6.07) is 68.3. The summed E-state index contributed by atoms with van der Waals surface area (Å²) < 4.78 is 4.62. The Morgan fingerprint density at radius 1 is 0.400 bits per heavy atom. The molecule has 65 heavy (non-hydrogen) atoms. The second-order valence-electron chi connectivity index (χ2n) is 16.2. The Hall–Kier alpha value is -9.46. The van der Waals surface area contributed by atoms with Gasteiger partial charge in [-0.2, -0.15) is 10.5 Å². The summed E-state index contributed by atoms with van der Waals surface area (Å²) >= 11 is 0. The van der Waals surface area contributed by atoms with Crippen LogP contribution in [0, 0.1) is 42.7 Å². The van der Waals surface area contributed by atoms with Crippen molar-refractivity contribution in [2.45, 2.75) is 6.92 Å². The number of fused-ring (bicyclic) bond motifs is 6. The van der Waals surface area contributed by atoms with Crippen LogP contribution in [0.4, 0.5) is 11.4 Å². The third-order valence-electron chi connectivity index (χ3n) is 12.5. The van der Waals surface area contributed by atoms with Gasteiger partial charge in [0.05, 0.1) is 69.9 Å². The zero-order valence-corrected chi connectivity index (χ0v) is 35.1. The Bertz CT molecular complexity index is 3930. The minimum Gasteiger partial charge on any atom is -0.309 e. The largest absolute Gasteiger partial charge is 0.309 e. The van der Waals surface area contributed by atoms with E-state index >= 15 is 0 Å². The highest BCUT2D eigenvalue weighted by Crippen LogP contribution is 2.44. The minimum absolute atomic E-state index is 0.525. The molecule has 0 saturated heterocycles. The Morgan fingerprint density at radius 3 is 1.46 bits per heavy atom. The van der Waals surface area contributed by atoms with Crippen molar-refractivity contribution in [2.75, 3.05) is 0 Å². The molecule has 0 saturated carbocycles. The molecule has 2 aromatic heterocycles. The van der Waals surface area contributed by atoms with Crippen LogP contribution < -0.4 is 0 Å². The maximum atomic E-state index is 10.5. The van der Waals surface area contributed by atoms with E-state index in [-0.39, 0.29) is 0 Å². The van der Waals surface area contributed by atoms with Crippen molar-refractivity contribution < 1.29 is 0 Å². The zero-order chi connectivity index (χ0) is 44.2. The lowest BCUT2D eigenvalue weighted by Gasteiger charge is -2.20. The Balaban J connectivity index is 1.20. The van der Waals surface area contributed by atoms with Gasteiger partial charge in [-0.25, -0.2) is 9.69 Å². The molecule has 300 valence electrons. The molecule has 0 atom stereocenters. The molecule has 0 amide bonds. The standard InChI is InChI=1S/C59H34N6/c1-37-12-25-46(53(30-37)63-3)44-22-29-59(65-55-11-7-5-9-48(55)51-33-43(21-28-58(51)65)41-18-23-45(62-2)24-19-41)52(34-44)49-31-39(36-61)15-26-56(49)64-54-10-6-4-8-47(54)50-32-42(20-27-57(50)64)40-16-13-38(35-60)14-17-40/h4-34H,1H3. The normalized spacial score (nSPS) is 11.1. The first-order chi connectivity index (χ1) is 31.9. The number of hydrogen-bond acceptors (Lipinski definition) is 2. The highest BCUT2D eigenvalue weighted by molar-refractivity contribution is 6.13. The van der Waals surface area contributed by atoms with Crippen LogP contribution in [0.3, 0.4) is 0 Å². The van der Waals surface area contributed by atoms with E-state index in [0.29, 0.717) is 22.5 Å². The number of rotatable bonds is 6. The summed E-state index contributed by atoms with van der Waals surface area (Å²) in [4.78, 5) is 7.56. The van der Waals surface area contributed by atoms with Crippen LogP contribution in [-0.4, -0.2) is 9.13 Å². The fourth-order valence-electron chi connectivity index (χ4n) is 9.40. The van der Waals surface area contributed by atoms with Crippen LogP contribution in [0.15, 0.2) is 188 Å². The van der Waals surface area contributed by atoms with E-state index in [2.05, 4.69) is 140 Å². The molecule has 0 spiro atoms. The molecule has 9 aromatic carbocycles. The second-order valence-corrected chi connectivity index (χ2v) is 16.2. The molecule has 0 bridgehead atoms. The summed E-state index contributed by atoms with van der Waals surface area (Å²) in [5.41, 5.74) is 16.9. The maximum Gasteiger partial charge on any atom is 0.195 e. The number of aromatic nitrogens is 2. The van der Waals surface area contributed by atoms with E-state index < -0.39 is 0 Å². The molecule has 0 unspecified atom stereocenters. The van der Waals surface area contributed by atoms with Crippen LogP contribution in [0.1, 0.15) is 16.7 Å². The average molecular weight is 827 g/mol. The lowest BCUT2D eigenvalue weighted by molar-refractivity contribution is 1.16. The highest BCUT2D eigenvalue weighted by Gasteiger charge is 2.23. The van der Waals surface area contributed by atoms with Crippen molar-refractivity contribution in [3.8, 4) is 68.0 Å². The molecule has 6 nitrogen and oxygen atoms in total. The fourth-order valence-corrected chi connectivity index (χ4v) is 9.40. The molecule has 0 aliphatic carbocycles. The van der Waals surface area contributed by atoms with Crippen LogP contribution in [-0.2, 0) is 0 Å². The topological polar surface area (TPSA) is 66.2 Å². The van der Waals surface area contributed by atoms with Gasteiger partial charge in [0.25, 0.3) is 0 Å². The van der Waals surface area contributed by atoms with Gasteiger partial charge in [-0.05, 0) is 119 Å². The summed E-state index contributed by atoms with van der Waals surface area (Å²) in [5.74, 6) is 0. The number of nitriles is 2. The van der Waals surface area contributed by atoms with Crippen molar-refractivity contribution in [3.63, 3.8) is 0 Å². The summed E-state index contributed by atoms with van der Waals surface area (Å²) in [7, 11) is 0. The molecule has 0 aliphatic heterocycles. The number of hydrogen-bond donors (Lipinski definition) is 0. The quantitative estimate of drug-likeness (QED) is 0.157. The van der Waals surface area contributed by atoms with Gasteiger partial charge in [0.1, 0.15) is 0 Å². The molecule has 11 rings (SSSR count). The predicted octanol–water partition coefficient (Wildman–Crippen LogP) is 15.7. The van der Waals surface area contributed by atoms with Gasteiger partial charge in [0.2, 0.25) is 0 Å². The van der Waals surface area contributed by atoms with E-state index in [1.165, 1.54) is 0 Å². The number of nitrogens with zero attached hydrogens (tertiary/aromatic N) is 6. The van der Waals surface area contributed by atoms with Crippen LogP contribution in [0.2, 0.25) is 0 Å². The van der Waals surface area contributed by atoms with E-state index in [9.17, 15) is 10.5 Å². The molecule has 2 heterocycles. The highest BCUT2D eigenvalue weighted by atomic mass is 15.0. The molecular weight excluding hydrogens is 793 g/mol. The second kappa shape index (κ2) is 15.5. The first-order valence-electron chi connectivity index (χ1n) is 21.2. The SMILES string of the molecule is [C-]#[N+]c1ccc(-c2ccc3c(c2)c2ccccc2n3-c2ccc(-c3ccc(C)cc3[N+]#[C-])cc2-c2cc(C#N)ccc2-n2c3ccccc3c3cc(-c4ccc(C#N)cc4)ccc32)cc1. The van der Waals surface area contributed by atoms with Gasteiger partial charge < -0.3 is 9.13 Å². The smallest absolute Gasteiger partial charge is 0.195 e. The van der Waals surface area contributed by atoms with Gasteiger partial charge in [0, 0.05) is 32.7 Å². The average Bonchev–Trinajstić information content (AvgIpc) is 3.88. The minimum atomic E-state index is 0.525. The summed E-state index contributed by atoms with van der Waals surface area (Å²) in [6.45, 7) is 17.6. The lowest BCUT2D eigenvalue weighted by atomic mass is 9.93. The number of aryl methyl sites for hydroxylation is 1. The van der Waals surface area contributed by atoms with Crippen LogP contribution in [0.5, 0.6) is 0 Å². The predicted molar refractivity (Wildman–Crippen MR) is 264 cm³/mol. The van der Waals surface area contributed by atoms with E-state index in [1.807, 2.05) is 85.8 Å². The van der Waals surface area contributed by atoms with E-state index in [1.54, 1.807) is 0 Å². The van der Waals surface area contributed by atoms with Crippen LogP contribution in [0.25, 0.3) is 109 Å². The monoisotopic (exact) mass is 826 g/mol. The number of para-hydroxylation sites is 2. The van der Waals surface area contributed by atoms with Gasteiger partial charge in [-0.3, -0.25) is 0 Å². The van der Waals surface area contributed by atoms with Crippen molar-refractivity contribution in [2.24, 2.45) is 0 Å². The molecule has 0 N–H and O–H groups in total. The maximum absolute atomic E-state index is 10.5. The Labute approximate surface area is 375 Å². The lowest BCUT2D eigenvalue weighted by Crippen LogP contribution is -2.02. The first-order valence-corrected chi connectivity index (χ1v) is 21.2. The zero-order valence-electron chi connectivity index (χ0n) is 35.1. The summed E-state index contributed by atoms with van der Waals surface area (Å²) in [5, 5.41) is 24.3. The molecule has 6 heteroatoms. The van der Waals surface area contributed by atoms with E-state index in [0.717, 1.165) is 105 Å². The Morgan fingerprint density at radius 2 is 0.892 bits per heavy atom. The van der Waals surface area contributed by atoms with Gasteiger partial charge >= 0.3 is 0 Å². The van der Waals surface area contributed by atoms with Gasteiger partial charge in [0.15, 0.2) is 11.4 Å². The number of benzene rings is 9. The molecular formula is C59H34N6. The molecule has 0 fully saturated rings. The third kappa shape index (κ3) is 6.39. The van der Waals surface area contributed by atoms with Crippen molar-refractivity contribution in [1.82, 2.24) is 9.13 Å². The molecule has 0 radical (unpaired) electrons. The molecule has 11 aromatic rings.